The van der Waals surface area contributed by atoms with E-state index in [1.54, 1.807) is 6.92 Å². The van der Waals surface area contributed by atoms with Gasteiger partial charge in [0.15, 0.2) is 5.60 Å². The van der Waals surface area contributed by atoms with Crippen LogP contribution in [-0.4, -0.2) is 48.8 Å². The predicted octanol–water partition coefficient (Wildman–Crippen LogP) is -0.831. The first-order chi connectivity index (χ1) is 8.03. The molecule has 0 aromatic rings. The van der Waals surface area contributed by atoms with Gasteiger partial charge in [-0.2, -0.15) is 0 Å². The molecule has 17 heavy (non-hydrogen) atoms. The lowest BCUT2D eigenvalue weighted by Crippen LogP contribution is -2.58. The Morgan fingerprint density at radius 2 is 2.29 bits per heavy atom. The molecular weight excluding hydrogens is 224 g/mol. The molecule has 1 amide bonds. The molecule has 0 radical (unpaired) electrons. The number of β-amino-alcohol motifs (C(OH)–C–C–N with tert-alkyl or cyclic N) is 1. The average Bonchev–Trinajstić information content (AvgIpc) is 2.35. The van der Waals surface area contributed by atoms with Crippen molar-refractivity contribution >= 4 is 11.9 Å². The molecule has 6 nitrogen and oxygen atoms in total. The zero-order valence-corrected chi connectivity index (χ0v) is 10.3. The molecule has 0 aromatic carbocycles. The molecule has 0 saturated carbocycles. The van der Waals surface area contributed by atoms with Gasteiger partial charge in [-0.25, -0.2) is 4.79 Å². The quantitative estimate of drug-likeness (QED) is 0.562. The first-order valence-corrected chi connectivity index (χ1v) is 5.85. The molecule has 0 aliphatic carbocycles. The van der Waals surface area contributed by atoms with Gasteiger partial charge >= 0.3 is 5.97 Å². The number of esters is 1. The van der Waals surface area contributed by atoms with Gasteiger partial charge in [0.25, 0.3) is 5.91 Å². The minimum atomic E-state index is -1.42. The summed E-state index contributed by atoms with van der Waals surface area (Å²) in [5, 5.41) is 15.6. The van der Waals surface area contributed by atoms with Crippen molar-refractivity contribution < 1.29 is 19.4 Å². The van der Waals surface area contributed by atoms with E-state index in [2.05, 4.69) is 15.4 Å². The van der Waals surface area contributed by atoms with E-state index < -0.39 is 23.5 Å². The first-order valence-electron chi connectivity index (χ1n) is 5.85. The van der Waals surface area contributed by atoms with Crippen LogP contribution >= 0.6 is 0 Å². The van der Waals surface area contributed by atoms with Crippen molar-refractivity contribution in [2.75, 3.05) is 20.2 Å². The Balaban J connectivity index is 2.60. The number of carbonyl (C=O) groups excluding carboxylic acids is 2. The van der Waals surface area contributed by atoms with Crippen LogP contribution in [0.1, 0.15) is 26.2 Å². The van der Waals surface area contributed by atoms with Crippen LogP contribution in [0.3, 0.4) is 0 Å². The lowest BCUT2D eigenvalue weighted by Gasteiger charge is -2.32. The third kappa shape index (κ3) is 3.41. The maximum atomic E-state index is 11.9. The van der Waals surface area contributed by atoms with Gasteiger partial charge in [0.1, 0.15) is 6.04 Å². The van der Waals surface area contributed by atoms with Crippen molar-refractivity contribution in [1.82, 2.24) is 10.6 Å². The van der Waals surface area contributed by atoms with Gasteiger partial charge < -0.3 is 20.5 Å². The third-order valence-electron chi connectivity index (χ3n) is 2.98. The Bertz CT molecular complexity index is 287. The first kappa shape index (κ1) is 13.9. The fourth-order valence-corrected chi connectivity index (χ4v) is 1.85. The van der Waals surface area contributed by atoms with Gasteiger partial charge in [-0.15, -0.1) is 0 Å². The summed E-state index contributed by atoms with van der Waals surface area (Å²) in [5.74, 6) is -1.00. The van der Waals surface area contributed by atoms with Crippen LogP contribution in [0.2, 0.25) is 0 Å². The Morgan fingerprint density at radius 3 is 2.76 bits per heavy atom. The molecule has 1 aliphatic heterocycles. The second kappa shape index (κ2) is 5.97. The van der Waals surface area contributed by atoms with Crippen molar-refractivity contribution in [3.05, 3.63) is 0 Å². The summed E-state index contributed by atoms with van der Waals surface area (Å²) in [6, 6.07) is -0.696. The minimum Gasteiger partial charge on any atom is -0.467 e. The van der Waals surface area contributed by atoms with Crippen molar-refractivity contribution in [3.8, 4) is 0 Å². The van der Waals surface area contributed by atoms with Gasteiger partial charge in [0.05, 0.1) is 7.11 Å². The topological polar surface area (TPSA) is 87.7 Å². The highest BCUT2D eigenvalue weighted by Crippen LogP contribution is 2.16. The number of rotatable bonds is 4. The van der Waals surface area contributed by atoms with E-state index in [0.29, 0.717) is 12.8 Å². The summed E-state index contributed by atoms with van der Waals surface area (Å²) in [6.45, 7) is 2.78. The fourth-order valence-electron chi connectivity index (χ4n) is 1.85. The van der Waals surface area contributed by atoms with Gasteiger partial charge in [-0.1, -0.05) is 6.92 Å². The molecule has 6 heteroatoms. The standard InChI is InChI=1S/C11H20N2O4/c1-3-8(9(14)17-2)13-10(15)11(16)5-4-6-12-7-11/h8,12,16H,3-7H2,1-2H3,(H,13,15)/t8-,11?/m0/s1. The Labute approximate surface area is 101 Å². The summed E-state index contributed by atoms with van der Waals surface area (Å²) in [5.41, 5.74) is -1.42. The number of ether oxygens (including phenoxy) is 1. The predicted molar refractivity (Wildman–Crippen MR) is 61.3 cm³/mol. The summed E-state index contributed by atoms with van der Waals surface area (Å²) >= 11 is 0. The number of amides is 1. The van der Waals surface area contributed by atoms with Crippen molar-refractivity contribution in [2.24, 2.45) is 0 Å². The number of nitrogens with one attached hydrogen (secondary N) is 2. The summed E-state index contributed by atoms with van der Waals surface area (Å²) in [7, 11) is 1.27. The smallest absolute Gasteiger partial charge is 0.328 e. The normalized spacial score (nSPS) is 26.1. The molecule has 1 fully saturated rings. The van der Waals surface area contributed by atoms with Gasteiger partial charge in [-0.05, 0) is 25.8 Å². The van der Waals surface area contributed by atoms with Crippen LogP contribution in [0, 0.1) is 0 Å². The molecule has 1 aliphatic rings. The summed E-state index contributed by atoms with van der Waals surface area (Å²) in [6.07, 6.45) is 1.57. The van der Waals surface area contributed by atoms with E-state index >= 15 is 0 Å². The van der Waals surface area contributed by atoms with E-state index in [4.69, 9.17) is 0 Å². The van der Waals surface area contributed by atoms with Crippen LogP contribution in [-0.2, 0) is 14.3 Å². The van der Waals surface area contributed by atoms with Crippen molar-refractivity contribution in [3.63, 3.8) is 0 Å². The number of piperidine rings is 1. The van der Waals surface area contributed by atoms with Gasteiger partial charge in [-0.3, -0.25) is 4.79 Å². The van der Waals surface area contributed by atoms with Crippen molar-refractivity contribution in [2.45, 2.75) is 37.8 Å². The molecular formula is C11H20N2O4. The maximum absolute atomic E-state index is 11.9. The molecule has 98 valence electrons. The minimum absolute atomic E-state index is 0.219. The van der Waals surface area contributed by atoms with Gasteiger partial charge in [0.2, 0.25) is 0 Å². The second-order valence-electron chi connectivity index (χ2n) is 4.27. The lowest BCUT2D eigenvalue weighted by molar-refractivity contribution is -0.150. The SMILES string of the molecule is CC[C@H](NC(=O)C1(O)CCCNC1)C(=O)OC. The molecule has 0 spiro atoms. The highest BCUT2D eigenvalue weighted by molar-refractivity contribution is 5.89. The van der Waals surface area contributed by atoms with Crippen LogP contribution in [0.15, 0.2) is 0 Å². The maximum Gasteiger partial charge on any atom is 0.328 e. The van der Waals surface area contributed by atoms with Crippen molar-refractivity contribution in [1.29, 1.82) is 0 Å². The Kier molecular flexibility index (Phi) is 4.89. The Morgan fingerprint density at radius 1 is 1.59 bits per heavy atom. The number of aliphatic hydroxyl groups is 1. The van der Waals surface area contributed by atoms with E-state index in [1.807, 2.05) is 0 Å². The van der Waals surface area contributed by atoms with E-state index in [9.17, 15) is 14.7 Å². The van der Waals surface area contributed by atoms with Crippen LogP contribution < -0.4 is 10.6 Å². The molecule has 3 N–H and O–H groups in total. The highest BCUT2D eigenvalue weighted by Gasteiger charge is 2.38. The largest absolute Gasteiger partial charge is 0.467 e. The zero-order chi connectivity index (χ0) is 12.9. The Hall–Kier alpha value is -1.14. The van der Waals surface area contributed by atoms with Crippen LogP contribution in [0.25, 0.3) is 0 Å². The number of carbonyl (C=O) groups is 2. The second-order valence-corrected chi connectivity index (χ2v) is 4.27. The third-order valence-corrected chi connectivity index (χ3v) is 2.98. The number of hydrogen-bond acceptors (Lipinski definition) is 5. The van der Waals surface area contributed by atoms with E-state index in [1.165, 1.54) is 7.11 Å². The molecule has 1 heterocycles. The van der Waals surface area contributed by atoms with Crippen LogP contribution in [0.5, 0.6) is 0 Å². The lowest BCUT2D eigenvalue weighted by atomic mass is 9.93. The zero-order valence-electron chi connectivity index (χ0n) is 10.3. The monoisotopic (exact) mass is 244 g/mol. The molecule has 1 unspecified atom stereocenters. The summed E-state index contributed by atoms with van der Waals surface area (Å²) < 4.78 is 4.57. The molecule has 0 bridgehead atoms. The van der Waals surface area contributed by atoms with E-state index in [-0.39, 0.29) is 6.54 Å². The number of hydrogen-bond donors (Lipinski definition) is 3. The molecule has 2 atom stereocenters. The average molecular weight is 244 g/mol. The van der Waals surface area contributed by atoms with Crippen LogP contribution in [0.4, 0.5) is 0 Å². The molecule has 1 rings (SSSR count). The molecule has 1 saturated heterocycles. The number of methoxy groups -OCH3 is 1. The highest BCUT2D eigenvalue weighted by atomic mass is 16.5. The van der Waals surface area contributed by atoms with E-state index in [0.717, 1.165) is 13.0 Å². The summed E-state index contributed by atoms with van der Waals surface area (Å²) in [4.78, 5) is 23.2. The van der Waals surface area contributed by atoms with Gasteiger partial charge in [0, 0.05) is 6.54 Å². The molecule has 0 aromatic heterocycles. The fraction of sp³-hybridized carbons (Fsp3) is 0.818.